The van der Waals surface area contributed by atoms with Gasteiger partial charge in [-0.05, 0) is 92.2 Å². The Morgan fingerprint density at radius 3 is 2.33 bits per heavy atom. The van der Waals surface area contributed by atoms with Crippen molar-refractivity contribution < 1.29 is 27.8 Å². The number of imidazole rings is 1. The van der Waals surface area contributed by atoms with Crippen molar-refractivity contribution in [2.75, 3.05) is 52.8 Å². The molecule has 51 heavy (non-hydrogen) atoms. The van der Waals surface area contributed by atoms with E-state index in [1.54, 1.807) is 33.9 Å². The van der Waals surface area contributed by atoms with Crippen LogP contribution in [0.5, 0.6) is 17.2 Å². The lowest BCUT2D eigenvalue weighted by molar-refractivity contribution is -0.137. The molecule has 1 N–H and O–H groups in total. The van der Waals surface area contributed by atoms with Crippen molar-refractivity contribution in [3.05, 3.63) is 102 Å². The number of hydrogen-bond donors (Lipinski definition) is 1. The normalized spacial score (nSPS) is 18.4. The SMILES string of the molecule is COc1cc(CN2CCC(CCN3CCC(Nc4nc5ccccc5n4Cc4ccoc4)CC3)(Cc3ccc(F)cc3)C2=O)cc(OC)c1OC. The Morgan fingerprint density at radius 2 is 1.65 bits per heavy atom. The molecule has 2 saturated heterocycles. The number of hydrogen-bond acceptors (Lipinski definition) is 8. The summed E-state index contributed by atoms with van der Waals surface area (Å²) >= 11 is 0. The fourth-order valence-electron chi connectivity index (χ4n) is 7.73. The number of piperidine rings is 1. The molecule has 10 nitrogen and oxygen atoms in total. The van der Waals surface area contributed by atoms with Crippen LogP contribution in [0.15, 0.2) is 83.7 Å². The zero-order valence-corrected chi connectivity index (χ0v) is 29.6. The van der Waals surface area contributed by atoms with Crippen LogP contribution in [0, 0.1) is 11.2 Å². The second kappa shape index (κ2) is 15.1. The smallest absolute Gasteiger partial charge is 0.229 e. The molecular formula is C40H46FN5O5. The Labute approximate surface area is 298 Å². The summed E-state index contributed by atoms with van der Waals surface area (Å²) in [5, 5.41) is 3.75. The van der Waals surface area contributed by atoms with Crippen molar-refractivity contribution in [2.24, 2.45) is 5.41 Å². The van der Waals surface area contributed by atoms with Crippen molar-refractivity contribution in [3.63, 3.8) is 0 Å². The van der Waals surface area contributed by atoms with Gasteiger partial charge in [0.1, 0.15) is 5.82 Å². The summed E-state index contributed by atoms with van der Waals surface area (Å²) in [6.45, 7) is 4.42. The highest BCUT2D eigenvalue weighted by Crippen LogP contribution is 2.42. The van der Waals surface area contributed by atoms with Crippen molar-refractivity contribution >= 4 is 22.9 Å². The number of likely N-dealkylation sites (tertiary alicyclic amines) is 2. The van der Waals surface area contributed by atoms with Crippen molar-refractivity contribution in [3.8, 4) is 17.2 Å². The third kappa shape index (κ3) is 7.39. The molecule has 4 heterocycles. The molecule has 1 unspecified atom stereocenters. The zero-order valence-electron chi connectivity index (χ0n) is 29.6. The number of fused-ring (bicyclic) bond motifs is 1. The van der Waals surface area contributed by atoms with E-state index in [1.807, 2.05) is 53.4 Å². The molecule has 0 bridgehead atoms. The number of ether oxygens (including phenoxy) is 3. The van der Waals surface area contributed by atoms with Gasteiger partial charge >= 0.3 is 0 Å². The average Bonchev–Trinajstić information content (AvgIpc) is 3.87. The van der Waals surface area contributed by atoms with Gasteiger partial charge in [-0.2, -0.15) is 0 Å². The van der Waals surface area contributed by atoms with Crippen LogP contribution in [-0.4, -0.2) is 78.8 Å². The van der Waals surface area contributed by atoms with E-state index in [1.165, 1.54) is 12.1 Å². The lowest BCUT2D eigenvalue weighted by Crippen LogP contribution is -2.43. The first-order valence-electron chi connectivity index (χ1n) is 17.7. The fraction of sp³-hybridized carbons (Fsp3) is 0.400. The van der Waals surface area contributed by atoms with Gasteiger partial charge in [0.25, 0.3) is 0 Å². The maximum absolute atomic E-state index is 14.4. The number of nitrogens with zero attached hydrogens (tertiary/aromatic N) is 4. The molecule has 7 rings (SSSR count). The number of anilines is 1. The van der Waals surface area contributed by atoms with Crippen molar-refractivity contribution in [1.82, 2.24) is 19.4 Å². The third-order valence-corrected chi connectivity index (χ3v) is 10.6. The summed E-state index contributed by atoms with van der Waals surface area (Å²) in [6.07, 6.45) is 7.46. The molecule has 1 atom stereocenters. The highest BCUT2D eigenvalue weighted by molar-refractivity contribution is 5.85. The van der Waals surface area contributed by atoms with Gasteiger partial charge in [-0.1, -0.05) is 24.3 Å². The zero-order chi connectivity index (χ0) is 35.4. The molecule has 11 heteroatoms. The second-order valence-electron chi connectivity index (χ2n) is 13.7. The number of aromatic nitrogens is 2. The van der Waals surface area contributed by atoms with Crippen LogP contribution in [0.3, 0.4) is 0 Å². The Bertz CT molecular complexity index is 1910. The lowest BCUT2D eigenvalue weighted by Gasteiger charge is -2.35. The van der Waals surface area contributed by atoms with E-state index in [2.05, 4.69) is 20.9 Å². The van der Waals surface area contributed by atoms with Crippen LogP contribution >= 0.6 is 0 Å². The number of amides is 1. The van der Waals surface area contributed by atoms with E-state index in [9.17, 15) is 9.18 Å². The van der Waals surface area contributed by atoms with Crippen LogP contribution in [0.4, 0.5) is 10.3 Å². The van der Waals surface area contributed by atoms with Crippen molar-refractivity contribution in [1.29, 1.82) is 0 Å². The van der Waals surface area contributed by atoms with E-state index in [0.717, 1.165) is 79.0 Å². The molecule has 2 aliphatic heterocycles. The second-order valence-corrected chi connectivity index (χ2v) is 13.7. The maximum atomic E-state index is 14.4. The molecule has 1 amide bonds. The fourth-order valence-corrected chi connectivity index (χ4v) is 7.73. The van der Waals surface area contributed by atoms with Gasteiger partial charge in [0.05, 0.1) is 56.8 Å². The number of furan rings is 1. The molecule has 5 aromatic rings. The first-order chi connectivity index (χ1) is 24.9. The van der Waals surface area contributed by atoms with E-state index in [-0.39, 0.29) is 17.8 Å². The molecule has 0 saturated carbocycles. The van der Waals surface area contributed by atoms with Gasteiger partial charge in [0.2, 0.25) is 17.6 Å². The lowest BCUT2D eigenvalue weighted by atomic mass is 9.77. The standard InChI is InChI=1S/C40H46FN5O5/c1-48-35-22-30(23-36(49-2)37(35)50-3)25-45-20-16-40(38(45)47,24-28-8-10-31(41)11-9-28)15-19-44-17-12-32(13-18-44)42-39-43-33-6-4-5-7-34(33)46(39)26-29-14-21-51-27-29/h4-11,14,21-23,27,32H,12-13,15-20,24-26H2,1-3H3,(H,42,43). The monoisotopic (exact) mass is 695 g/mol. The predicted octanol–water partition coefficient (Wildman–Crippen LogP) is 6.77. The van der Waals surface area contributed by atoms with Gasteiger partial charge < -0.3 is 38.3 Å². The van der Waals surface area contributed by atoms with E-state index >= 15 is 0 Å². The van der Waals surface area contributed by atoms with E-state index in [4.69, 9.17) is 23.6 Å². The number of nitrogens with one attached hydrogen (secondary N) is 1. The molecular weight excluding hydrogens is 649 g/mol. The summed E-state index contributed by atoms with van der Waals surface area (Å²) < 4.78 is 38.0. The molecule has 0 aliphatic carbocycles. The Kier molecular flexibility index (Phi) is 10.2. The summed E-state index contributed by atoms with van der Waals surface area (Å²) in [4.78, 5) is 23.8. The minimum atomic E-state index is -0.578. The minimum absolute atomic E-state index is 0.133. The van der Waals surface area contributed by atoms with Crippen LogP contribution < -0.4 is 19.5 Å². The quantitative estimate of drug-likeness (QED) is 0.136. The predicted molar refractivity (Wildman–Crippen MR) is 194 cm³/mol. The number of carbonyl (C=O) groups is 1. The largest absolute Gasteiger partial charge is 0.493 e. The number of rotatable bonds is 14. The molecule has 2 fully saturated rings. The summed E-state index contributed by atoms with van der Waals surface area (Å²) in [6, 6.07) is 20.9. The molecule has 268 valence electrons. The summed E-state index contributed by atoms with van der Waals surface area (Å²) in [5.41, 5.74) is 4.45. The van der Waals surface area contributed by atoms with Crippen molar-refractivity contribution in [2.45, 2.75) is 51.2 Å². The van der Waals surface area contributed by atoms with Gasteiger partial charge in [0, 0.05) is 37.8 Å². The maximum Gasteiger partial charge on any atom is 0.229 e. The van der Waals surface area contributed by atoms with Gasteiger partial charge in [-0.3, -0.25) is 4.79 Å². The minimum Gasteiger partial charge on any atom is -0.493 e. The summed E-state index contributed by atoms with van der Waals surface area (Å²) in [5.74, 6) is 2.37. The van der Waals surface area contributed by atoms with Crippen LogP contribution in [0.1, 0.15) is 42.4 Å². The van der Waals surface area contributed by atoms with Gasteiger partial charge in [-0.15, -0.1) is 0 Å². The topological polar surface area (TPSA) is 94.2 Å². The van der Waals surface area contributed by atoms with Gasteiger partial charge in [0.15, 0.2) is 11.5 Å². The van der Waals surface area contributed by atoms with Crippen LogP contribution in [-0.2, 0) is 24.3 Å². The number of halogens is 1. The Morgan fingerprint density at radius 1 is 0.902 bits per heavy atom. The number of benzene rings is 3. The Hall–Kier alpha value is -5.03. The molecule has 2 aliphatic rings. The van der Waals surface area contributed by atoms with Gasteiger partial charge in [-0.25, -0.2) is 9.37 Å². The number of methoxy groups -OCH3 is 3. The molecule has 0 spiro atoms. The highest BCUT2D eigenvalue weighted by Gasteiger charge is 2.46. The average molecular weight is 696 g/mol. The highest BCUT2D eigenvalue weighted by atomic mass is 19.1. The number of carbonyl (C=O) groups excluding carboxylic acids is 1. The Balaban J connectivity index is 1.02. The van der Waals surface area contributed by atoms with E-state index < -0.39 is 5.41 Å². The van der Waals surface area contributed by atoms with E-state index in [0.29, 0.717) is 43.3 Å². The molecule has 0 radical (unpaired) electrons. The summed E-state index contributed by atoms with van der Waals surface area (Å²) in [7, 11) is 4.76. The third-order valence-electron chi connectivity index (χ3n) is 10.6. The molecule has 2 aromatic heterocycles. The van der Waals surface area contributed by atoms with Crippen LogP contribution in [0.2, 0.25) is 0 Å². The first-order valence-corrected chi connectivity index (χ1v) is 17.7. The van der Waals surface area contributed by atoms with Crippen LogP contribution in [0.25, 0.3) is 11.0 Å². The molecule has 3 aromatic carbocycles. The number of para-hydroxylation sites is 2. The first kappa shape index (κ1) is 34.4.